The van der Waals surface area contributed by atoms with E-state index in [2.05, 4.69) is 16.5 Å². The molecule has 0 amide bonds. The zero-order valence-corrected chi connectivity index (χ0v) is 8.86. The summed E-state index contributed by atoms with van der Waals surface area (Å²) in [5, 5.41) is 0.855. The highest BCUT2D eigenvalue weighted by Crippen LogP contribution is 2.21. The van der Waals surface area contributed by atoms with Crippen LogP contribution in [0.5, 0.6) is 0 Å². The maximum atomic E-state index is 5.91. The average molecular weight is 217 g/mol. The highest BCUT2D eigenvalue weighted by atomic mass is 35.5. The van der Waals surface area contributed by atoms with Gasteiger partial charge in [0.05, 0.1) is 0 Å². The van der Waals surface area contributed by atoms with Gasteiger partial charge in [-0.1, -0.05) is 36.2 Å². The van der Waals surface area contributed by atoms with Gasteiger partial charge in [0.15, 0.2) is 0 Å². The lowest BCUT2D eigenvalue weighted by Crippen LogP contribution is -1.98. The van der Waals surface area contributed by atoms with Crippen LogP contribution >= 0.6 is 23.2 Å². The molecule has 1 aromatic rings. The van der Waals surface area contributed by atoms with Gasteiger partial charge in [-0.25, -0.2) is 9.97 Å². The molecule has 1 heterocycles. The quantitative estimate of drug-likeness (QED) is 0.574. The van der Waals surface area contributed by atoms with E-state index in [1.165, 1.54) is 0 Å². The Labute approximate surface area is 87.6 Å². The number of aromatic nitrogens is 2. The lowest BCUT2D eigenvalue weighted by molar-refractivity contribution is 0.923. The van der Waals surface area contributed by atoms with Crippen molar-refractivity contribution in [3.05, 3.63) is 34.3 Å². The second-order valence-corrected chi connectivity index (χ2v) is 3.26. The molecule has 1 aromatic heterocycles. The number of rotatable bonds is 3. The van der Waals surface area contributed by atoms with E-state index in [0.717, 1.165) is 12.0 Å². The van der Waals surface area contributed by atoms with Gasteiger partial charge in [-0.2, -0.15) is 0 Å². The zero-order valence-electron chi connectivity index (χ0n) is 7.35. The zero-order chi connectivity index (χ0) is 9.84. The minimum absolute atomic E-state index is 0.428. The number of aryl methyl sites for hydroxylation is 1. The largest absolute Gasteiger partial charge is 0.221 e. The standard InChI is InChI=1S/C9H10Cl2N2/c1-3-5-6-8(10)12-7(4-2)13-9(6)11/h3H,1,4-5H2,2H3. The Balaban J connectivity index is 3.14. The second-order valence-electron chi connectivity index (χ2n) is 2.55. The molecule has 0 aromatic carbocycles. The molecule has 2 nitrogen and oxygen atoms in total. The van der Waals surface area contributed by atoms with Crippen molar-refractivity contribution in [3.63, 3.8) is 0 Å². The molecule has 0 saturated carbocycles. The second kappa shape index (κ2) is 4.58. The van der Waals surface area contributed by atoms with E-state index in [9.17, 15) is 0 Å². The number of hydrogen-bond donors (Lipinski definition) is 0. The van der Waals surface area contributed by atoms with Gasteiger partial charge >= 0.3 is 0 Å². The summed E-state index contributed by atoms with van der Waals surface area (Å²) in [5.74, 6) is 0.669. The molecule has 0 atom stereocenters. The van der Waals surface area contributed by atoms with Crippen molar-refractivity contribution >= 4 is 23.2 Å². The van der Waals surface area contributed by atoms with E-state index >= 15 is 0 Å². The number of nitrogens with zero attached hydrogens (tertiary/aromatic N) is 2. The molecule has 0 fully saturated rings. The molecule has 0 saturated heterocycles. The fourth-order valence-corrected chi connectivity index (χ4v) is 1.52. The molecule has 0 spiro atoms. The Kier molecular flexibility index (Phi) is 3.70. The Hall–Kier alpha value is -0.600. The number of halogens is 2. The molecule has 0 aliphatic rings. The summed E-state index contributed by atoms with van der Waals surface area (Å²) >= 11 is 11.8. The van der Waals surface area contributed by atoms with Crippen LogP contribution in [-0.4, -0.2) is 9.97 Å². The molecule has 0 radical (unpaired) electrons. The maximum Gasteiger partial charge on any atom is 0.137 e. The monoisotopic (exact) mass is 216 g/mol. The van der Waals surface area contributed by atoms with Crippen molar-refractivity contribution in [2.45, 2.75) is 19.8 Å². The molecule has 1 rings (SSSR count). The van der Waals surface area contributed by atoms with E-state index in [0.29, 0.717) is 22.6 Å². The van der Waals surface area contributed by atoms with Crippen LogP contribution in [0.2, 0.25) is 10.3 Å². The minimum Gasteiger partial charge on any atom is -0.221 e. The van der Waals surface area contributed by atoms with Gasteiger partial charge in [-0.05, 0) is 6.42 Å². The van der Waals surface area contributed by atoms with Crippen LogP contribution in [0.3, 0.4) is 0 Å². The first-order chi connectivity index (χ1) is 6.19. The molecule has 13 heavy (non-hydrogen) atoms. The fraction of sp³-hybridized carbons (Fsp3) is 0.333. The van der Waals surface area contributed by atoms with Crippen molar-refractivity contribution in [3.8, 4) is 0 Å². The van der Waals surface area contributed by atoms with Crippen LogP contribution in [0.25, 0.3) is 0 Å². The highest BCUT2D eigenvalue weighted by molar-refractivity contribution is 6.34. The Morgan fingerprint density at radius 3 is 2.23 bits per heavy atom. The molecule has 0 N–H and O–H groups in total. The van der Waals surface area contributed by atoms with Gasteiger partial charge in [0.2, 0.25) is 0 Å². The lowest BCUT2D eigenvalue weighted by Gasteiger charge is -2.04. The fourth-order valence-electron chi connectivity index (χ4n) is 0.943. The third kappa shape index (κ3) is 2.42. The maximum absolute atomic E-state index is 5.91. The van der Waals surface area contributed by atoms with Crippen LogP contribution in [0.1, 0.15) is 18.3 Å². The van der Waals surface area contributed by atoms with Gasteiger partial charge in [0, 0.05) is 12.0 Å². The highest BCUT2D eigenvalue weighted by Gasteiger charge is 2.08. The first-order valence-corrected chi connectivity index (χ1v) is 4.76. The molecule has 0 aliphatic heterocycles. The molecule has 4 heteroatoms. The van der Waals surface area contributed by atoms with Crippen molar-refractivity contribution < 1.29 is 0 Å². The van der Waals surface area contributed by atoms with Crippen LogP contribution in [0.4, 0.5) is 0 Å². The van der Waals surface area contributed by atoms with Crippen molar-refractivity contribution in [2.24, 2.45) is 0 Å². The minimum atomic E-state index is 0.428. The topological polar surface area (TPSA) is 25.8 Å². The Bertz CT molecular complexity index is 300. The molecule has 70 valence electrons. The molecular formula is C9H10Cl2N2. The van der Waals surface area contributed by atoms with Gasteiger partial charge in [-0.3, -0.25) is 0 Å². The first-order valence-electron chi connectivity index (χ1n) is 4.00. The van der Waals surface area contributed by atoms with Crippen molar-refractivity contribution in [1.82, 2.24) is 9.97 Å². The van der Waals surface area contributed by atoms with Crippen LogP contribution < -0.4 is 0 Å². The third-order valence-electron chi connectivity index (χ3n) is 1.62. The van der Waals surface area contributed by atoms with E-state index in [-0.39, 0.29) is 0 Å². The summed E-state index contributed by atoms with van der Waals surface area (Å²) in [5.41, 5.74) is 0.746. The normalized spacial score (nSPS) is 10.1. The average Bonchev–Trinajstić information content (AvgIpc) is 2.11. The molecule has 0 aliphatic carbocycles. The predicted octanol–water partition coefficient (Wildman–Crippen LogP) is 3.07. The van der Waals surface area contributed by atoms with Gasteiger partial charge in [0.1, 0.15) is 16.1 Å². The summed E-state index contributed by atoms with van der Waals surface area (Å²) < 4.78 is 0. The third-order valence-corrected chi connectivity index (χ3v) is 2.24. The van der Waals surface area contributed by atoms with Crippen LogP contribution in [-0.2, 0) is 12.8 Å². The summed E-state index contributed by atoms with van der Waals surface area (Å²) in [6, 6.07) is 0. The number of allylic oxidation sites excluding steroid dienone is 1. The molecular weight excluding hydrogens is 207 g/mol. The number of hydrogen-bond acceptors (Lipinski definition) is 2. The van der Waals surface area contributed by atoms with Gasteiger partial charge < -0.3 is 0 Å². The Morgan fingerprint density at radius 2 is 1.85 bits per heavy atom. The SMILES string of the molecule is C=CCc1c(Cl)nc(CC)nc1Cl. The van der Waals surface area contributed by atoms with E-state index < -0.39 is 0 Å². The molecule has 0 bridgehead atoms. The summed E-state index contributed by atoms with van der Waals surface area (Å²) in [6.45, 7) is 5.56. The van der Waals surface area contributed by atoms with Crippen LogP contribution in [0.15, 0.2) is 12.7 Å². The van der Waals surface area contributed by atoms with E-state index in [4.69, 9.17) is 23.2 Å². The van der Waals surface area contributed by atoms with Crippen molar-refractivity contribution in [2.75, 3.05) is 0 Å². The first kappa shape index (κ1) is 10.5. The summed E-state index contributed by atoms with van der Waals surface area (Å²) in [6.07, 6.45) is 3.05. The van der Waals surface area contributed by atoms with Crippen LogP contribution in [0, 0.1) is 0 Å². The lowest BCUT2D eigenvalue weighted by atomic mass is 10.2. The summed E-state index contributed by atoms with van der Waals surface area (Å²) in [7, 11) is 0. The summed E-state index contributed by atoms with van der Waals surface area (Å²) in [4.78, 5) is 8.19. The predicted molar refractivity (Wildman–Crippen MR) is 55.3 cm³/mol. The van der Waals surface area contributed by atoms with E-state index in [1.54, 1.807) is 6.08 Å². The van der Waals surface area contributed by atoms with Crippen molar-refractivity contribution in [1.29, 1.82) is 0 Å². The van der Waals surface area contributed by atoms with E-state index in [1.807, 2.05) is 6.92 Å². The Morgan fingerprint density at radius 1 is 1.31 bits per heavy atom. The molecule has 0 unspecified atom stereocenters. The van der Waals surface area contributed by atoms with Gasteiger partial charge in [-0.15, -0.1) is 6.58 Å². The smallest absolute Gasteiger partial charge is 0.137 e. The van der Waals surface area contributed by atoms with Gasteiger partial charge in [0.25, 0.3) is 0 Å².